The van der Waals surface area contributed by atoms with Crippen molar-refractivity contribution in [1.29, 1.82) is 0 Å². The third kappa shape index (κ3) is 6.07. The van der Waals surface area contributed by atoms with E-state index in [-0.39, 0.29) is 30.3 Å². The van der Waals surface area contributed by atoms with Crippen LogP contribution < -0.4 is 15.5 Å². The van der Waals surface area contributed by atoms with Crippen LogP contribution in [0.25, 0.3) is 0 Å². The van der Waals surface area contributed by atoms with Crippen molar-refractivity contribution < 1.29 is 23.9 Å². The number of rotatable bonds is 6. The number of nitrogens with one attached hydrogen (secondary N) is 2. The molecule has 44 heavy (non-hydrogen) atoms. The number of nitrogens with zero attached hydrogens (tertiary/aromatic N) is 3. The third-order valence-electron chi connectivity index (χ3n) is 8.85. The van der Waals surface area contributed by atoms with Gasteiger partial charge in [0.15, 0.2) is 0 Å². The molecule has 4 aliphatic rings. The number of hydrogen-bond donors (Lipinski definition) is 3. The highest BCUT2D eigenvalue weighted by Gasteiger charge is 2.38. The lowest BCUT2D eigenvalue weighted by Gasteiger charge is -2.30. The minimum atomic E-state index is -1.45. The first-order chi connectivity index (χ1) is 21.3. The molecule has 2 saturated heterocycles. The summed E-state index contributed by atoms with van der Waals surface area (Å²) < 4.78 is 15.3. The normalized spacial score (nSPS) is 21.2. The Labute approximate surface area is 255 Å². The molecule has 1 aliphatic carbocycles. The molecule has 1 atom stereocenters. The first-order valence-electron chi connectivity index (χ1n) is 15.1. The molecular weight excluding hydrogens is 561 g/mol. The summed E-state index contributed by atoms with van der Waals surface area (Å²) in [6.45, 7) is 2.75. The van der Waals surface area contributed by atoms with Crippen molar-refractivity contribution >= 4 is 34.9 Å². The van der Waals surface area contributed by atoms with E-state index in [9.17, 15) is 19.5 Å². The molecule has 3 aromatic rings. The molecule has 1 saturated carbocycles. The number of aliphatic hydroxyl groups is 1. The summed E-state index contributed by atoms with van der Waals surface area (Å²) in [7, 11) is 0. The van der Waals surface area contributed by atoms with Crippen molar-refractivity contribution in [2.75, 3.05) is 29.9 Å². The Kier molecular flexibility index (Phi) is 8.43. The fourth-order valence-electron chi connectivity index (χ4n) is 6.61. The van der Waals surface area contributed by atoms with E-state index in [1.165, 1.54) is 11.0 Å². The van der Waals surface area contributed by atoms with E-state index >= 15 is 4.39 Å². The molecule has 10 heteroatoms. The Morgan fingerprint density at radius 2 is 1.64 bits per heavy atom. The largest absolute Gasteiger partial charge is 0.392 e. The molecule has 3 aliphatic heterocycles. The van der Waals surface area contributed by atoms with Crippen LogP contribution in [0.2, 0.25) is 0 Å². The van der Waals surface area contributed by atoms with Gasteiger partial charge in [-0.05, 0) is 79.8 Å². The lowest BCUT2D eigenvalue weighted by atomic mass is 9.84. The zero-order valence-electron chi connectivity index (χ0n) is 24.6. The SMILES string of the molecule is Cc1cccc2c1N(CC(=O)N1CC3CCC(CC3)C1)C(=O)[C@H](NC(=O)Nc1cccc(CO)c1)N=C2c1ccccc1F. The summed E-state index contributed by atoms with van der Waals surface area (Å²) in [5.41, 5.74) is 3.06. The molecule has 0 radical (unpaired) electrons. The quantitative estimate of drug-likeness (QED) is 0.385. The molecule has 228 valence electrons. The average Bonchev–Trinajstić information content (AvgIpc) is 3.41. The van der Waals surface area contributed by atoms with Crippen LogP contribution in [0.15, 0.2) is 71.7 Å². The zero-order valence-corrected chi connectivity index (χ0v) is 24.6. The summed E-state index contributed by atoms with van der Waals surface area (Å²) in [5, 5.41) is 14.8. The summed E-state index contributed by atoms with van der Waals surface area (Å²) in [6.07, 6.45) is 3.00. The van der Waals surface area contributed by atoms with Crippen LogP contribution in [0.1, 0.15) is 47.9 Å². The number of fused-ring (bicyclic) bond motifs is 5. The summed E-state index contributed by atoms with van der Waals surface area (Å²) >= 11 is 0. The standard InChI is InChI=1S/C34H36FN5O4/c1-21-6-4-10-27-30(26-9-2-3-11-28(26)35)37-32(38-34(44)36-25-8-5-7-24(16-25)20-41)33(43)40(31(21)27)19-29(42)39-17-22-12-13-23(18-39)15-14-22/h2-11,16,22-23,32,41H,12-15,17-20H2,1H3,(H2,36,38,44)/t22?,23?,32-/m0/s1. The van der Waals surface area contributed by atoms with Gasteiger partial charge in [0.2, 0.25) is 12.1 Å². The second-order valence-corrected chi connectivity index (χ2v) is 11.9. The van der Waals surface area contributed by atoms with Crippen molar-refractivity contribution in [3.8, 4) is 0 Å². The van der Waals surface area contributed by atoms with E-state index in [2.05, 4.69) is 15.6 Å². The Balaban J connectivity index is 1.37. The van der Waals surface area contributed by atoms with E-state index in [4.69, 9.17) is 0 Å². The molecule has 2 bridgehead atoms. The fraction of sp³-hybridized carbons (Fsp3) is 0.353. The fourth-order valence-corrected chi connectivity index (χ4v) is 6.61. The molecule has 0 aromatic heterocycles. The van der Waals surface area contributed by atoms with Gasteiger partial charge in [0.05, 0.1) is 18.0 Å². The molecule has 4 amide bonds. The first-order valence-corrected chi connectivity index (χ1v) is 15.1. The van der Waals surface area contributed by atoms with Crippen molar-refractivity contribution in [1.82, 2.24) is 10.2 Å². The van der Waals surface area contributed by atoms with Crippen LogP contribution in [0.3, 0.4) is 0 Å². The van der Waals surface area contributed by atoms with Gasteiger partial charge in [0.1, 0.15) is 12.4 Å². The topological polar surface area (TPSA) is 114 Å². The number of benzodiazepines with no additional fused rings is 1. The van der Waals surface area contributed by atoms with Gasteiger partial charge in [-0.1, -0.05) is 42.5 Å². The van der Waals surface area contributed by atoms with Crippen LogP contribution >= 0.6 is 0 Å². The van der Waals surface area contributed by atoms with Crippen molar-refractivity contribution in [2.45, 2.75) is 45.4 Å². The van der Waals surface area contributed by atoms with Crippen molar-refractivity contribution in [3.63, 3.8) is 0 Å². The van der Waals surface area contributed by atoms with Gasteiger partial charge in [-0.3, -0.25) is 14.5 Å². The monoisotopic (exact) mass is 597 g/mol. The van der Waals surface area contributed by atoms with Crippen molar-refractivity contribution in [3.05, 3.63) is 94.8 Å². The molecule has 0 unspecified atom stereocenters. The van der Waals surface area contributed by atoms with Gasteiger partial charge in [0, 0.05) is 29.9 Å². The van der Waals surface area contributed by atoms with Crippen molar-refractivity contribution in [2.24, 2.45) is 16.8 Å². The second-order valence-electron chi connectivity index (χ2n) is 11.9. The lowest BCUT2D eigenvalue weighted by molar-refractivity contribution is -0.132. The van der Waals surface area contributed by atoms with Crippen LogP contribution in [0.4, 0.5) is 20.6 Å². The number of aliphatic hydroxyl groups excluding tert-OH is 1. The Morgan fingerprint density at radius 1 is 0.955 bits per heavy atom. The number of benzene rings is 3. The lowest BCUT2D eigenvalue weighted by Crippen LogP contribution is -2.52. The number of aliphatic imine (C=N–C) groups is 1. The number of carbonyl (C=O) groups excluding carboxylic acids is 3. The molecular formula is C34H36FN5O4. The zero-order chi connectivity index (χ0) is 30.8. The van der Waals surface area contributed by atoms with Gasteiger partial charge in [-0.25, -0.2) is 14.2 Å². The predicted octanol–water partition coefficient (Wildman–Crippen LogP) is 4.61. The number of amides is 4. The number of urea groups is 1. The van der Waals surface area contributed by atoms with E-state index in [1.54, 1.807) is 54.6 Å². The molecule has 3 aromatic carbocycles. The number of aryl methyl sites for hydroxylation is 1. The maximum Gasteiger partial charge on any atom is 0.321 e. The highest BCUT2D eigenvalue weighted by molar-refractivity contribution is 6.21. The van der Waals surface area contributed by atoms with Crippen LogP contribution in [0, 0.1) is 24.6 Å². The molecule has 3 fully saturated rings. The summed E-state index contributed by atoms with van der Waals surface area (Å²) in [6, 6.07) is 17.5. The molecule has 0 spiro atoms. The van der Waals surface area contributed by atoms with Crippen LogP contribution in [-0.2, 0) is 16.2 Å². The molecule has 3 heterocycles. The van der Waals surface area contributed by atoms with Gasteiger partial charge < -0.3 is 20.6 Å². The van der Waals surface area contributed by atoms with E-state index in [1.807, 2.05) is 17.9 Å². The predicted molar refractivity (Wildman–Crippen MR) is 166 cm³/mol. The smallest absolute Gasteiger partial charge is 0.321 e. The maximum atomic E-state index is 15.3. The molecule has 7 rings (SSSR count). The Hall–Kier alpha value is -4.57. The minimum Gasteiger partial charge on any atom is -0.392 e. The van der Waals surface area contributed by atoms with Crippen LogP contribution in [0.5, 0.6) is 0 Å². The molecule has 3 N–H and O–H groups in total. The summed E-state index contributed by atoms with van der Waals surface area (Å²) in [5.74, 6) is -0.364. The number of halogens is 1. The highest BCUT2D eigenvalue weighted by Crippen LogP contribution is 2.35. The number of carbonyl (C=O) groups is 3. The van der Waals surface area contributed by atoms with E-state index < -0.39 is 23.9 Å². The number of para-hydroxylation sites is 1. The van der Waals surface area contributed by atoms with Gasteiger partial charge in [0.25, 0.3) is 5.91 Å². The Morgan fingerprint density at radius 3 is 2.34 bits per heavy atom. The maximum absolute atomic E-state index is 15.3. The van der Waals surface area contributed by atoms with Gasteiger partial charge >= 0.3 is 6.03 Å². The van der Waals surface area contributed by atoms with E-state index in [0.717, 1.165) is 31.2 Å². The van der Waals surface area contributed by atoms with Gasteiger partial charge in [-0.2, -0.15) is 0 Å². The average molecular weight is 598 g/mol. The molecule has 9 nitrogen and oxygen atoms in total. The highest BCUT2D eigenvalue weighted by atomic mass is 19.1. The first kappa shape index (κ1) is 29.5. The number of hydrogen-bond acceptors (Lipinski definition) is 5. The second kappa shape index (κ2) is 12.6. The third-order valence-corrected chi connectivity index (χ3v) is 8.85. The number of anilines is 2. The van der Waals surface area contributed by atoms with Crippen LogP contribution in [-0.4, -0.2) is 59.4 Å². The van der Waals surface area contributed by atoms with Gasteiger partial charge in [-0.15, -0.1) is 0 Å². The minimum absolute atomic E-state index is 0.162. The van der Waals surface area contributed by atoms with E-state index in [0.29, 0.717) is 47.4 Å². The Bertz CT molecular complexity index is 1600. The summed E-state index contributed by atoms with van der Waals surface area (Å²) in [4.78, 5) is 49.3.